The Balaban J connectivity index is 2.15. The molecule has 2 nitrogen and oxygen atoms in total. The Morgan fingerprint density at radius 1 is 1.29 bits per heavy atom. The smallest absolute Gasteiger partial charge is 0.312 e. The highest BCUT2D eigenvalue weighted by molar-refractivity contribution is 7.11. The highest BCUT2D eigenvalue weighted by Crippen LogP contribution is 2.30. The van der Waals surface area contributed by atoms with Crippen LogP contribution in [0.5, 0.6) is 0 Å². The van der Waals surface area contributed by atoms with Crippen LogP contribution in [0, 0.1) is 6.92 Å². The van der Waals surface area contributed by atoms with Crippen LogP contribution in [0.25, 0.3) is 0 Å². The van der Waals surface area contributed by atoms with Crippen LogP contribution in [0.3, 0.4) is 0 Å². The molecule has 1 aromatic heterocycles. The minimum atomic E-state index is -4.30. The van der Waals surface area contributed by atoms with Crippen molar-refractivity contribution in [1.82, 2.24) is 10.3 Å². The molecule has 0 aliphatic carbocycles. The van der Waals surface area contributed by atoms with E-state index in [-0.39, 0.29) is 0 Å². The van der Waals surface area contributed by atoms with E-state index >= 15 is 0 Å². The number of halogens is 3. The third-order valence-electron chi connectivity index (χ3n) is 3.08. The fraction of sp³-hybridized carbons (Fsp3) is 0.400. The molecule has 0 saturated carbocycles. The standard InChI is InChI=1S/C15H17F3N2S/c1-3-19-9-13-10(2)20-14(21-13)8-11-5-4-6-12(7-11)15(16,17)18/h4-7,19H,3,8-9H2,1-2H3. The monoisotopic (exact) mass is 314 g/mol. The molecule has 1 heterocycles. The molecule has 2 aromatic rings. The molecule has 1 N–H and O–H groups in total. The molecule has 114 valence electrons. The Bertz CT molecular complexity index is 605. The first-order chi connectivity index (χ1) is 9.90. The van der Waals surface area contributed by atoms with E-state index in [9.17, 15) is 13.2 Å². The summed E-state index contributed by atoms with van der Waals surface area (Å²) in [6.07, 6.45) is -3.87. The molecular formula is C15H17F3N2S. The molecule has 21 heavy (non-hydrogen) atoms. The Morgan fingerprint density at radius 3 is 2.71 bits per heavy atom. The molecule has 0 unspecified atom stereocenters. The van der Waals surface area contributed by atoms with E-state index in [1.807, 2.05) is 13.8 Å². The fourth-order valence-electron chi connectivity index (χ4n) is 2.00. The summed E-state index contributed by atoms with van der Waals surface area (Å²) in [5.74, 6) is 0. The minimum absolute atomic E-state index is 0.432. The Labute approximate surface area is 126 Å². The second-order valence-electron chi connectivity index (χ2n) is 4.77. The first-order valence-electron chi connectivity index (χ1n) is 6.72. The number of thiazole rings is 1. The molecule has 2 rings (SSSR count). The van der Waals surface area contributed by atoms with E-state index in [1.54, 1.807) is 17.4 Å². The van der Waals surface area contributed by atoms with Gasteiger partial charge >= 0.3 is 6.18 Å². The Morgan fingerprint density at radius 2 is 2.05 bits per heavy atom. The first kappa shape index (κ1) is 16.0. The molecule has 0 amide bonds. The van der Waals surface area contributed by atoms with Crippen LogP contribution >= 0.6 is 11.3 Å². The highest BCUT2D eigenvalue weighted by atomic mass is 32.1. The zero-order chi connectivity index (χ0) is 15.5. The van der Waals surface area contributed by atoms with Crippen LogP contribution < -0.4 is 5.32 Å². The summed E-state index contributed by atoms with van der Waals surface area (Å²) in [6, 6.07) is 5.43. The van der Waals surface area contributed by atoms with E-state index in [2.05, 4.69) is 10.3 Å². The maximum Gasteiger partial charge on any atom is 0.416 e. The predicted octanol–water partition coefficient (Wildman–Crippen LogP) is 4.17. The van der Waals surface area contributed by atoms with E-state index in [1.165, 1.54) is 12.1 Å². The molecule has 0 radical (unpaired) electrons. The Hall–Kier alpha value is -1.40. The predicted molar refractivity (Wildman–Crippen MR) is 78.5 cm³/mol. The summed E-state index contributed by atoms with van der Waals surface area (Å²) in [4.78, 5) is 5.59. The Kier molecular flexibility index (Phi) is 5.00. The van der Waals surface area contributed by atoms with Crippen molar-refractivity contribution in [3.63, 3.8) is 0 Å². The number of aromatic nitrogens is 1. The second-order valence-corrected chi connectivity index (χ2v) is 5.94. The summed E-state index contributed by atoms with van der Waals surface area (Å²) in [5, 5.41) is 4.08. The van der Waals surface area contributed by atoms with Gasteiger partial charge in [-0.1, -0.05) is 25.1 Å². The minimum Gasteiger partial charge on any atom is -0.312 e. The molecule has 0 saturated heterocycles. The fourth-order valence-corrected chi connectivity index (χ4v) is 3.07. The summed E-state index contributed by atoms with van der Waals surface area (Å²) in [6.45, 7) is 5.58. The van der Waals surface area contributed by atoms with Gasteiger partial charge in [0.2, 0.25) is 0 Å². The van der Waals surface area contributed by atoms with Gasteiger partial charge in [-0.15, -0.1) is 11.3 Å². The van der Waals surface area contributed by atoms with Crippen molar-refractivity contribution in [2.24, 2.45) is 0 Å². The lowest BCUT2D eigenvalue weighted by molar-refractivity contribution is -0.137. The molecule has 1 aromatic carbocycles. The normalized spacial score (nSPS) is 11.9. The first-order valence-corrected chi connectivity index (χ1v) is 7.54. The van der Waals surface area contributed by atoms with Crippen LogP contribution in [0.1, 0.15) is 33.6 Å². The van der Waals surface area contributed by atoms with Crippen molar-refractivity contribution in [1.29, 1.82) is 0 Å². The summed E-state index contributed by atoms with van der Waals surface area (Å²) >= 11 is 1.55. The van der Waals surface area contributed by atoms with Crippen LogP contribution in [0.15, 0.2) is 24.3 Å². The maximum absolute atomic E-state index is 12.7. The maximum atomic E-state index is 12.7. The molecule has 0 aliphatic heterocycles. The van der Waals surface area contributed by atoms with Gasteiger partial charge in [-0.25, -0.2) is 4.98 Å². The number of hydrogen-bond donors (Lipinski definition) is 1. The van der Waals surface area contributed by atoms with E-state index in [4.69, 9.17) is 0 Å². The number of nitrogens with zero attached hydrogens (tertiary/aromatic N) is 1. The topological polar surface area (TPSA) is 24.9 Å². The van der Waals surface area contributed by atoms with Gasteiger partial charge < -0.3 is 5.32 Å². The average Bonchev–Trinajstić information content (AvgIpc) is 2.76. The molecular weight excluding hydrogens is 297 g/mol. The lowest BCUT2D eigenvalue weighted by Gasteiger charge is -2.07. The van der Waals surface area contributed by atoms with Gasteiger partial charge in [-0.3, -0.25) is 0 Å². The van der Waals surface area contributed by atoms with Crippen molar-refractivity contribution in [2.45, 2.75) is 33.0 Å². The molecule has 0 spiro atoms. The van der Waals surface area contributed by atoms with Crippen molar-refractivity contribution in [3.05, 3.63) is 51.0 Å². The van der Waals surface area contributed by atoms with Gasteiger partial charge in [0.05, 0.1) is 16.3 Å². The third kappa shape index (κ3) is 4.28. The lowest BCUT2D eigenvalue weighted by atomic mass is 10.1. The highest BCUT2D eigenvalue weighted by Gasteiger charge is 2.30. The van der Waals surface area contributed by atoms with Crippen molar-refractivity contribution in [2.75, 3.05) is 6.54 Å². The van der Waals surface area contributed by atoms with Gasteiger partial charge in [0.25, 0.3) is 0 Å². The van der Waals surface area contributed by atoms with Gasteiger partial charge in [0, 0.05) is 17.8 Å². The molecule has 0 aliphatic rings. The molecule has 6 heteroatoms. The summed E-state index contributed by atoms with van der Waals surface area (Å²) in [7, 11) is 0. The average molecular weight is 314 g/mol. The zero-order valence-electron chi connectivity index (χ0n) is 11.9. The van der Waals surface area contributed by atoms with Crippen molar-refractivity contribution < 1.29 is 13.2 Å². The second kappa shape index (κ2) is 6.58. The van der Waals surface area contributed by atoms with Gasteiger partial charge in [0.1, 0.15) is 0 Å². The number of rotatable bonds is 5. The van der Waals surface area contributed by atoms with Crippen LogP contribution in [-0.2, 0) is 19.1 Å². The zero-order valence-corrected chi connectivity index (χ0v) is 12.7. The third-order valence-corrected chi connectivity index (χ3v) is 4.24. The van der Waals surface area contributed by atoms with Crippen molar-refractivity contribution >= 4 is 11.3 Å². The van der Waals surface area contributed by atoms with Gasteiger partial charge in [-0.2, -0.15) is 13.2 Å². The molecule has 0 atom stereocenters. The van der Waals surface area contributed by atoms with Crippen LogP contribution in [0.4, 0.5) is 13.2 Å². The van der Waals surface area contributed by atoms with Crippen LogP contribution in [-0.4, -0.2) is 11.5 Å². The van der Waals surface area contributed by atoms with Crippen LogP contribution in [0.2, 0.25) is 0 Å². The van der Waals surface area contributed by atoms with Gasteiger partial charge in [-0.05, 0) is 25.1 Å². The molecule has 0 bridgehead atoms. The summed E-state index contributed by atoms with van der Waals surface area (Å²) < 4.78 is 38.1. The van der Waals surface area contributed by atoms with E-state index in [0.717, 1.165) is 34.7 Å². The van der Waals surface area contributed by atoms with E-state index in [0.29, 0.717) is 12.0 Å². The SMILES string of the molecule is CCNCc1sc(Cc2cccc(C(F)(F)F)c2)nc1C. The van der Waals surface area contributed by atoms with Crippen molar-refractivity contribution in [3.8, 4) is 0 Å². The lowest BCUT2D eigenvalue weighted by Crippen LogP contribution is -2.11. The number of aryl methyl sites for hydroxylation is 1. The largest absolute Gasteiger partial charge is 0.416 e. The number of nitrogens with one attached hydrogen (secondary N) is 1. The number of alkyl halides is 3. The quantitative estimate of drug-likeness (QED) is 0.896. The summed E-state index contributed by atoms with van der Waals surface area (Å²) in [5.41, 5.74) is 0.970. The molecule has 0 fully saturated rings. The number of hydrogen-bond acceptors (Lipinski definition) is 3. The van der Waals surface area contributed by atoms with E-state index < -0.39 is 11.7 Å². The van der Waals surface area contributed by atoms with Gasteiger partial charge in [0.15, 0.2) is 0 Å². The number of benzene rings is 1.